The maximum atomic E-state index is 14.1. The maximum absolute atomic E-state index is 14.1. The van der Waals surface area contributed by atoms with Crippen LogP contribution in [0.1, 0.15) is 56.2 Å². The summed E-state index contributed by atoms with van der Waals surface area (Å²) in [6, 6.07) is 6.50. The van der Waals surface area contributed by atoms with Gasteiger partial charge in [-0.25, -0.2) is 4.39 Å². The average Bonchev–Trinajstić information content (AvgIpc) is 2.95. The van der Waals surface area contributed by atoms with E-state index in [1.54, 1.807) is 16.8 Å². The predicted molar refractivity (Wildman–Crippen MR) is 111 cm³/mol. The van der Waals surface area contributed by atoms with Crippen LogP contribution < -0.4 is 5.32 Å². The van der Waals surface area contributed by atoms with Gasteiger partial charge in [0.15, 0.2) is 5.82 Å². The Bertz CT molecular complexity index is 898. The molecule has 4 saturated carbocycles. The van der Waals surface area contributed by atoms with Crippen LogP contribution in [0.25, 0.3) is 0 Å². The van der Waals surface area contributed by atoms with E-state index < -0.39 is 0 Å². The first-order chi connectivity index (χ1) is 13.9. The number of carbonyl (C=O) groups is 1. The SMILES string of the molecule is Cc1cc(NC(=O)CC23CC4CC(CC(C4)C2)C3)nn1Cc1c(F)cccc1Cl. The van der Waals surface area contributed by atoms with Gasteiger partial charge in [0.05, 0.1) is 6.54 Å². The Morgan fingerprint density at radius 3 is 2.52 bits per heavy atom. The molecule has 1 heterocycles. The molecule has 4 fully saturated rings. The van der Waals surface area contributed by atoms with Gasteiger partial charge in [0.2, 0.25) is 5.91 Å². The highest BCUT2D eigenvalue weighted by Crippen LogP contribution is 2.61. The third-order valence-electron chi connectivity index (χ3n) is 7.32. The third kappa shape index (κ3) is 3.70. The second-order valence-corrected chi connectivity index (χ2v) is 10.1. The maximum Gasteiger partial charge on any atom is 0.226 e. The molecule has 0 aliphatic heterocycles. The van der Waals surface area contributed by atoms with Crippen molar-refractivity contribution in [2.75, 3.05) is 5.32 Å². The number of hydrogen-bond acceptors (Lipinski definition) is 2. The number of aryl methyl sites for hydroxylation is 1. The van der Waals surface area contributed by atoms with E-state index >= 15 is 0 Å². The highest BCUT2D eigenvalue weighted by Gasteiger charge is 2.51. The molecule has 6 rings (SSSR count). The van der Waals surface area contributed by atoms with Crippen molar-refractivity contribution in [3.8, 4) is 0 Å². The van der Waals surface area contributed by atoms with Gasteiger partial charge in [-0.1, -0.05) is 17.7 Å². The number of halogens is 2. The Kier molecular flexibility index (Phi) is 4.69. The lowest BCUT2D eigenvalue weighted by molar-refractivity contribution is -0.124. The standard InChI is InChI=1S/C23H27ClFN3O/c1-14-5-21(27-28(14)13-18-19(24)3-2-4-20(18)25)26-22(29)12-23-9-15-6-16(10-23)8-17(7-15)11-23/h2-5,15-17H,6-13H2,1H3,(H,26,27,29). The largest absolute Gasteiger partial charge is 0.309 e. The number of hydrogen-bond donors (Lipinski definition) is 1. The third-order valence-corrected chi connectivity index (χ3v) is 7.67. The van der Waals surface area contributed by atoms with Crippen molar-refractivity contribution >= 4 is 23.3 Å². The molecular formula is C23H27ClFN3O. The molecule has 0 atom stereocenters. The molecule has 1 aromatic heterocycles. The van der Waals surface area contributed by atoms with E-state index in [0.717, 1.165) is 23.4 Å². The molecule has 2 aromatic rings. The fraction of sp³-hybridized carbons (Fsp3) is 0.565. The zero-order valence-corrected chi connectivity index (χ0v) is 17.5. The van der Waals surface area contributed by atoms with Gasteiger partial charge in [-0.2, -0.15) is 5.10 Å². The normalized spacial score (nSPS) is 30.0. The predicted octanol–water partition coefficient (Wildman–Crippen LogP) is 5.58. The summed E-state index contributed by atoms with van der Waals surface area (Å²) in [5.74, 6) is 2.74. The number of benzene rings is 1. The quantitative estimate of drug-likeness (QED) is 0.693. The lowest BCUT2D eigenvalue weighted by atomic mass is 9.49. The molecule has 4 bridgehead atoms. The number of rotatable bonds is 5. The summed E-state index contributed by atoms with van der Waals surface area (Å²) in [6.45, 7) is 2.14. The first-order valence-electron chi connectivity index (χ1n) is 10.7. The van der Waals surface area contributed by atoms with Crippen LogP contribution in [-0.4, -0.2) is 15.7 Å². The van der Waals surface area contributed by atoms with Crippen LogP contribution in [-0.2, 0) is 11.3 Å². The van der Waals surface area contributed by atoms with Crippen LogP contribution in [0.15, 0.2) is 24.3 Å². The first kappa shape index (κ1) is 19.1. The summed E-state index contributed by atoms with van der Waals surface area (Å²) in [5, 5.41) is 7.86. The van der Waals surface area contributed by atoms with E-state index in [1.807, 2.05) is 13.0 Å². The Labute approximate surface area is 175 Å². The molecule has 0 unspecified atom stereocenters. The van der Waals surface area contributed by atoms with E-state index in [4.69, 9.17) is 11.6 Å². The van der Waals surface area contributed by atoms with Crippen molar-refractivity contribution in [1.29, 1.82) is 0 Å². The Hall–Kier alpha value is -1.88. The van der Waals surface area contributed by atoms with Crippen LogP contribution in [0.5, 0.6) is 0 Å². The fourth-order valence-corrected chi connectivity index (χ4v) is 6.82. The molecule has 6 heteroatoms. The summed E-state index contributed by atoms with van der Waals surface area (Å²) in [4.78, 5) is 12.8. The van der Waals surface area contributed by atoms with Crippen LogP contribution in [0, 0.1) is 35.9 Å². The zero-order valence-electron chi connectivity index (χ0n) is 16.8. The highest BCUT2D eigenvalue weighted by atomic mass is 35.5. The molecule has 29 heavy (non-hydrogen) atoms. The highest BCUT2D eigenvalue weighted by molar-refractivity contribution is 6.31. The van der Waals surface area contributed by atoms with Crippen LogP contribution in [0.3, 0.4) is 0 Å². The zero-order chi connectivity index (χ0) is 20.2. The summed E-state index contributed by atoms with van der Waals surface area (Å²) in [7, 11) is 0. The molecule has 1 amide bonds. The fourth-order valence-electron chi connectivity index (χ4n) is 6.60. The van der Waals surface area contributed by atoms with Gasteiger partial charge in [0.1, 0.15) is 5.82 Å². The summed E-state index contributed by atoms with van der Waals surface area (Å²) >= 11 is 6.14. The Morgan fingerprint density at radius 1 is 1.24 bits per heavy atom. The Morgan fingerprint density at radius 2 is 1.90 bits per heavy atom. The molecule has 0 saturated heterocycles. The van der Waals surface area contributed by atoms with E-state index in [0.29, 0.717) is 22.8 Å². The van der Waals surface area contributed by atoms with Gasteiger partial charge in [0.25, 0.3) is 0 Å². The monoisotopic (exact) mass is 415 g/mol. The van der Waals surface area contributed by atoms with Gasteiger partial charge < -0.3 is 5.32 Å². The van der Waals surface area contributed by atoms with Crippen molar-refractivity contribution in [1.82, 2.24) is 9.78 Å². The lowest BCUT2D eigenvalue weighted by Gasteiger charge is -2.56. The minimum Gasteiger partial charge on any atom is -0.309 e. The second-order valence-electron chi connectivity index (χ2n) is 9.67. The average molecular weight is 416 g/mol. The summed E-state index contributed by atoms with van der Waals surface area (Å²) in [5.41, 5.74) is 1.47. The van der Waals surface area contributed by atoms with Gasteiger partial charge in [-0.15, -0.1) is 0 Å². The molecular weight excluding hydrogens is 389 g/mol. The van der Waals surface area contributed by atoms with Crippen molar-refractivity contribution in [2.45, 2.75) is 58.4 Å². The number of nitrogens with one attached hydrogen (secondary N) is 1. The molecule has 4 aliphatic carbocycles. The molecule has 154 valence electrons. The van der Waals surface area contributed by atoms with E-state index in [2.05, 4.69) is 10.4 Å². The van der Waals surface area contributed by atoms with E-state index in [9.17, 15) is 9.18 Å². The smallest absolute Gasteiger partial charge is 0.226 e. The molecule has 0 radical (unpaired) electrons. The van der Waals surface area contributed by atoms with E-state index in [1.165, 1.54) is 44.6 Å². The summed E-state index contributed by atoms with van der Waals surface area (Å²) < 4.78 is 15.8. The van der Waals surface area contributed by atoms with Gasteiger partial charge in [0, 0.05) is 28.8 Å². The van der Waals surface area contributed by atoms with Crippen LogP contribution >= 0.6 is 11.6 Å². The minimum absolute atomic E-state index is 0.0560. The number of aromatic nitrogens is 2. The van der Waals surface area contributed by atoms with Gasteiger partial charge in [-0.3, -0.25) is 9.48 Å². The molecule has 1 aromatic carbocycles. The second kappa shape index (κ2) is 7.12. The molecule has 4 aliphatic rings. The van der Waals surface area contributed by atoms with Crippen molar-refractivity contribution in [3.05, 3.63) is 46.4 Å². The first-order valence-corrected chi connectivity index (χ1v) is 11.0. The van der Waals surface area contributed by atoms with E-state index in [-0.39, 0.29) is 23.7 Å². The summed E-state index contributed by atoms with van der Waals surface area (Å²) in [6.07, 6.45) is 8.37. The number of nitrogens with zero attached hydrogens (tertiary/aromatic N) is 2. The van der Waals surface area contributed by atoms with Crippen molar-refractivity contribution < 1.29 is 9.18 Å². The Balaban J connectivity index is 1.27. The number of carbonyl (C=O) groups excluding carboxylic acids is 1. The lowest BCUT2D eigenvalue weighted by Crippen LogP contribution is -2.47. The molecule has 1 N–H and O–H groups in total. The minimum atomic E-state index is -0.347. The molecule has 0 spiro atoms. The topological polar surface area (TPSA) is 46.9 Å². The number of amides is 1. The van der Waals surface area contributed by atoms with Crippen molar-refractivity contribution in [2.24, 2.45) is 23.2 Å². The number of anilines is 1. The van der Waals surface area contributed by atoms with Crippen LogP contribution in [0.4, 0.5) is 10.2 Å². The van der Waals surface area contributed by atoms with Crippen LogP contribution in [0.2, 0.25) is 5.02 Å². The van der Waals surface area contributed by atoms with Gasteiger partial charge in [-0.05, 0) is 80.8 Å². The molecule has 4 nitrogen and oxygen atoms in total. The van der Waals surface area contributed by atoms with Gasteiger partial charge >= 0.3 is 0 Å². The van der Waals surface area contributed by atoms with Crippen molar-refractivity contribution in [3.63, 3.8) is 0 Å².